The first-order valence-electron chi connectivity index (χ1n) is 5.95. The second-order valence-electron chi connectivity index (χ2n) is 4.23. The Morgan fingerprint density at radius 3 is 2.59 bits per heavy atom. The van der Waals surface area contributed by atoms with E-state index in [0.717, 1.165) is 23.4 Å². The number of aryl methyl sites for hydroxylation is 2. The molecular formula is C14H18N2O. The van der Waals surface area contributed by atoms with E-state index in [2.05, 4.69) is 18.1 Å². The number of aliphatic hydroxyl groups is 1. The molecule has 2 aromatic rings. The number of rotatable bonds is 4. The molecule has 1 N–H and O–H groups in total. The Kier molecular flexibility index (Phi) is 3.59. The smallest absolute Gasteiger partial charge is 0.0845 e. The van der Waals surface area contributed by atoms with Gasteiger partial charge in [-0.25, -0.2) is 0 Å². The summed E-state index contributed by atoms with van der Waals surface area (Å²) in [5.74, 6) is 0. The first kappa shape index (κ1) is 11.9. The summed E-state index contributed by atoms with van der Waals surface area (Å²) >= 11 is 0. The largest absolute Gasteiger partial charge is 0.388 e. The zero-order valence-electron chi connectivity index (χ0n) is 10.3. The van der Waals surface area contributed by atoms with Crippen LogP contribution in [0.3, 0.4) is 0 Å². The average molecular weight is 230 g/mol. The van der Waals surface area contributed by atoms with Crippen LogP contribution in [0.15, 0.2) is 36.4 Å². The molecule has 0 aliphatic heterocycles. The Hall–Kier alpha value is -1.61. The molecule has 17 heavy (non-hydrogen) atoms. The molecular weight excluding hydrogens is 212 g/mol. The molecule has 0 fully saturated rings. The van der Waals surface area contributed by atoms with Gasteiger partial charge < -0.3 is 5.11 Å². The van der Waals surface area contributed by atoms with E-state index < -0.39 is 6.10 Å². The number of nitrogens with zero attached hydrogens (tertiary/aromatic N) is 2. The topological polar surface area (TPSA) is 38.0 Å². The summed E-state index contributed by atoms with van der Waals surface area (Å²) in [5, 5.41) is 14.5. The van der Waals surface area contributed by atoms with Crippen LogP contribution in [0.4, 0.5) is 0 Å². The second-order valence-corrected chi connectivity index (χ2v) is 4.23. The fourth-order valence-corrected chi connectivity index (χ4v) is 1.93. The number of aliphatic hydroxyl groups excluding tert-OH is 1. The summed E-state index contributed by atoms with van der Waals surface area (Å²) in [7, 11) is 1.92. The lowest BCUT2D eigenvalue weighted by molar-refractivity contribution is 0.176. The van der Waals surface area contributed by atoms with Crippen molar-refractivity contribution < 1.29 is 5.11 Å². The Morgan fingerprint density at radius 1 is 1.29 bits per heavy atom. The molecule has 0 saturated carbocycles. The average Bonchev–Trinajstić information content (AvgIpc) is 2.71. The third-order valence-electron chi connectivity index (χ3n) is 2.98. The summed E-state index contributed by atoms with van der Waals surface area (Å²) in [4.78, 5) is 0. The minimum absolute atomic E-state index is 0.462. The van der Waals surface area contributed by atoms with Crippen molar-refractivity contribution in [2.75, 3.05) is 0 Å². The van der Waals surface area contributed by atoms with Crippen LogP contribution in [0.1, 0.15) is 30.0 Å². The molecule has 0 saturated heterocycles. The Bertz CT molecular complexity index is 476. The van der Waals surface area contributed by atoms with E-state index in [1.165, 1.54) is 0 Å². The SMILES string of the molecule is CCc1cc(CC(O)c2ccccc2)n(C)n1. The first-order valence-corrected chi connectivity index (χ1v) is 5.95. The van der Waals surface area contributed by atoms with E-state index in [-0.39, 0.29) is 0 Å². The van der Waals surface area contributed by atoms with Crippen molar-refractivity contribution in [3.8, 4) is 0 Å². The highest BCUT2D eigenvalue weighted by molar-refractivity contribution is 5.20. The Balaban J connectivity index is 2.13. The lowest BCUT2D eigenvalue weighted by atomic mass is 10.0. The van der Waals surface area contributed by atoms with Gasteiger partial charge in [0.25, 0.3) is 0 Å². The monoisotopic (exact) mass is 230 g/mol. The molecule has 1 aromatic carbocycles. The Morgan fingerprint density at radius 2 is 2.00 bits per heavy atom. The van der Waals surface area contributed by atoms with Crippen molar-refractivity contribution >= 4 is 0 Å². The molecule has 1 heterocycles. The summed E-state index contributed by atoms with van der Waals surface area (Å²) in [6.07, 6.45) is 1.07. The van der Waals surface area contributed by atoms with Crippen LogP contribution < -0.4 is 0 Å². The van der Waals surface area contributed by atoms with E-state index in [9.17, 15) is 5.11 Å². The molecule has 1 aromatic heterocycles. The zero-order valence-corrected chi connectivity index (χ0v) is 10.3. The maximum absolute atomic E-state index is 10.1. The quantitative estimate of drug-likeness (QED) is 0.875. The minimum Gasteiger partial charge on any atom is -0.388 e. The van der Waals surface area contributed by atoms with Gasteiger partial charge in [-0.2, -0.15) is 5.10 Å². The van der Waals surface area contributed by atoms with Crippen LogP contribution in [0.2, 0.25) is 0 Å². The molecule has 0 aliphatic rings. The predicted molar refractivity (Wildman–Crippen MR) is 67.7 cm³/mol. The normalized spacial score (nSPS) is 12.6. The highest BCUT2D eigenvalue weighted by atomic mass is 16.3. The lowest BCUT2D eigenvalue weighted by Crippen LogP contribution is -2.06. The van der Waals surface area contributed by atoms with Crippen molar-refractivity contribution in [2.24, 2.45) is 7.05 Å². The number of hydrogen-bond acceptors (Lipinski definition) is 2. The minimum atomic E-state index is -0.462. The maximum atomic E-state index is 10.1. The molecule has 0 amide bonds. The van der Waals surface area contributed by atoms with E-state index in [1.54, 1.807) is 0 Å². The van der Waals surface area contributed by atoms with Crippen molar-refractivity contribution in [3.05, 3.63) is 53.3 Å². The molecule has 2 rings (SSSR count). The molecule has 1 unspecified atom stereocenters. The summed E-state index contributed by atoms with van der Waals surface area (Å²) in [6.45, 7) is 2.08. The second kappa shape index (κ2) is 5.15. The standard InChI is InChI=1S/C14H18N2O/c1-3-12-9-13(16(2)15-12)10-14(17)11-7-5-4-6-8-11/h4-9,14,17H,3,10H2,1-2H3. The van der Waals surface area contributed by atoms with Crippen LogP contribution in [0, 0.1) is 0 Å². The van der Waals surface area contributed by atoms with Gasteiger partial charge >= 0.3 is 0 Å². The van der Waals surface area contributed by atoms with Gasteiger partial charge in [0, 0.05) is 19.2 Å². The van der Waals surface area contributed by atoms with Gasteiger partial charge in [0.15, 0.2) is 0 Å². The highest BCUT2D eigenvalue weighted by Gasteiger charge is 2.11. The third-order valence-corrected chi connectivity index (χ3v) is 2.98. The van der Waals surface area contributed by atoms with Crippen molar-refractivity contribution in [3.63, 3.8) is 0 Å². The molecule has 1 atom stereocenters. The van der Waals surface area contributed by atoms with Crippen LogP contribution >= 0.6 is 0 Å². The van der Waals surface area contributed by atoms with Gasteiger partial charge in [-0.3, -0.25) is 4.68 Å². The summed E-state index contributed by atoms with van der Waals surface area (Å²) in [5.41, 5.74) is 3.09. The zero-order chi connectivity index (χ0) is 12.3. The van der Waals surface area contributed by atoms with Crippen LogP contribution in [0.5, 0.6) is 0 Å². The van der Waals surface area contributed by atoms with E-state index in [4.69, 9.17) is 0 Å². The lowest BCUT2D eigenvalue weighted by Gasteiger charge is -2.10. The predicted octanol–water partition coefficient (Wildman–Crippen LogP) is 2.26. The van der Waals surface area contributed by atoms with E-state index >= 15 is 0 Å². The summed E-state index contributed by atoms with van der Waals surface area (Å²) in [6, 6.07) is 11.8. The van der Waals surface area contributed by atoms with Gasteiger partial charge in [-0.1, -0.05) is 37.3 Å². The molecule has 3 nitrogen and oxygen atoms in total. The van der Waals surface area contributed by atoms with Gasteiger partial charge in [-0.15, -0.1) is 0 Å². The maximum Gasteiger partial charge on any atom is 0.0845 e. The molecule has 0 radical (unpaired) electrons. The molecule has 0 aliphatic carbocycles. The van der Waals surface area contributed by atoms with Crippen LogP contribution in [-0.2, 0) is 19.9 Å². The van der Waals surface area contributed by atoms with Crippen molar-refractivity contribution in [1.82, 2.24) is 9.78 Å². The van der Waals surface area contributed by atoms with E-state index in [1.807, 2.05) is 42.1 Å². The fraction of sp³-hybridized carbons (Fsp3) is 0.357. The highest BCUT2D eigenvalue weighted by Crippen LogP contribution is 2.18. The van der Waals surface area contributed by atoms with Gasteiger partial charge in [0.05, 0.1) is 11.8 Å². The molecule has 3 heteroatoms. The Labute approximate surface area is 102 Å². The third kappa shape index (κ3) is 2.74. The molecule has 0 spiro atoms. The van der Waals surface area contributed by atoms with Gasteiger partial charge in [0.1, 0.15) is 0 Å². The first-order chi connectivity index (χ1) is 8.20. The van der Waals surface area contributed by atoms with Crippen LogP contribution in [-0.4, -0.2) is 14.9 Å². The fourth-order valence-electron chi connectivity index (χ4n) is 1.93. The van der Waals surface area contributed by atoms with Crippen molar-refractivity contribution in [2.45, 2.75) is 25.9 Å². The molecule has 0 bridgehead atoms. The molecule has 90 valence electrons. The summed E-state index contributed by atoms with van der Waals surface area (Å²) < 4.78 is 1.85. The number of hydrogen-bond donors (Lipinski definition) is 1. The van der Waals surface area contributed by atoms with Crippen LogP contribution in [0.25, 0.3) is 0 Å². The number of aromatic nitrogens is 2. The van der Waals surface area contributed by atoms with E-state index in [0.29, 0.717) is 6.42 Å². The van der Waals surface area contributed by atoms with Gasteiger partial charge in [-0.05, 0) is 18.1 Å². The van der Waals surface area contributed by atoms with Gasteiger partial charge in [0.2, 0.25) is 0 Å². The van der Waals surface area contributed by atoms with Crippen molar-refractivity contribution in [1.29, 1.82) is 0 Å². The number of benzene rings is 1.